The lowest BCUT2D eigenvalue weighted by atomic mass is 10.1. The Hall–Kier alpha value is -2.15. The van der Waals surface area contributed by atoms with Crippen LogP contribution in [0.5, 0.6) is 0 Å². The normalized spacial score (nSPS) is 13.7. The molecule has 2 aromatic heterocycles. The lowest BCUT2D eigenvalue weighted by molar-refractivity contribution is -0.121. The maximum Gasteiger partial charge on any atom is 0.220 e. The molecule has 2 aromatic rings. The van der Waals surface area contributed by atoms with E-state index in [-0.39, 0.29) is 5.91 Å². The van der Waals surface area contributed by atoms with E-state index >= 15 is 0 Å². The van der Waals surface area contributed by atoms with E-state index in [1.54, 1.807) is 0 Å². The Morgan fingerprint density at radius 1 is 1.32 bits per heavy atom. The van der Waals surface area contributed by atoms with Gasteiger partial charge in [-0.1, -0.05) is 0 Å². The largest absolute Gasteiger partial charge is 0.356 e. The van der Waals surface area contributed by atoms with Crippen LogP contribution in [0.1, 0.15) is 41.7 Å². The highest BCUT2D eigenvalue weighted by Gasteiger charge is 2.13. The van der Waals surface area contributed by atoms with E-state index in [9.17, 15) is 4.79 Å². The first kappa shape index (κ1) is 17.7. The second kappa shape index (κ2) is 7.82. The molecule has 7 nitrogen and oxygen atoms in total. The average molecular weight is 344 g/mol. The van der Waals surface area contributed by atoms with Crippen molar-refractivity contribution >= 4 is 5.91 Å². The van der Waals surface area contributed by atoms with Gasteiger partial charge in [0.15, 0.2) is 0 Å². The van der Waals surface area contributed by atoms with Gasteiger partial charge in [-0.15, -0.1) is 0 Å². The number of hydrogen-bond donors (Lipinski definition) is 2. The molecule has 3 rings (SSSR count). The van der Waals surface area contributed by atoms with Gasteiger partial charge in [0.2, 0.25) is 5.91 Å². The Labute approximate surface area is 148 Å². The van der Waals surface area contributed by atoms with Crippen molar-refractivity contribution in [3.63, 3.8) is 0 Å². The van der Waals surface area contributed by atoms with Crippen LogP contribution in [0.3, 0.4) is 0 Å². The molecule has 2 N–H and O–H groups in total. The standard InChI is InChI=1S/C18H28N6O/c1-4-23-14(3)17(13(2)21-23)7-8-20-18(25)6-5-15-11-16-12-19-9-10-24(16)22-15/h11,19H,4-10,12H2,1-3H3,(H,20,25). The summed E-state index contributed by atoms with van der Waals surface area (Å²) in [7, 11) is 0. The molecule has 1 aliphatic rings. The minimum atomic E-state index is 0.0855. The number of rotatable bonds is 7. The zero-order valence-electron chi connectivity index (χ0n) is 15.4. The molecule has 7 heteroatoms. The van der Waals surface area contributed by atoms with Gasteiger partial charge in [-0.25, -0.2) is 0 Å². The summed E-state index contributed by atoms with van der Waals surface area (Å²) in [4.78, 5) is 12.1. The van der Waals surface area contributed by atoms with Gasteiger partial charge in [0.25, 0.3) is 0 Å². The molecule has 1 aliphatic heterocycles. The molecule has 1 amide bonds. The van der Waals surface area contributed by atoms with Crippen molar-refractivity contribution in [1.29, 1.82) is 0 Å². The van der Waals surface area contributed by atoms with Crippen LogP contribution >= 0.6 is 0 Å². The average Bonchev–Trinajstić information content (AvgIpc) is 3.14. The van der Waals surface area contributed by atoms with Crippen molar-refractivity contribution in [3.05, 3.63) is 34.4 Å². The first-order valence-corrected chi connectivity index (χ1v) is 9.14. The van der Waals surface area contributed by atoms with Gasteiger partial charge < -0.3 is 10.6 Å². The minimum absolute atomic E-state index is 0.0855. The number of fused-ring (bicyclic) bond motifs is 1. The van der Waals surface area contributed by atoms with E-state index in [0.29, 0.717) is 19.4 Å². The molecular formula is C18H28N6O. The van der Waals surface area contributed by atoms with Gasteiger partial charge in [0, 0.05) is 44.7 Å². The van der Waals surface area contributed by atoms with Crippen LogP contribution in [-0.4, -0.2) is 38.6 Å². The molecule has 0 fully saturated rings. The maximum absolute atomic E-state index is 12.1. The quantitative estimate of drug-likeness (QED) is 0.789. The number of aryl methyl sites for hydroxylation is 3. The molecule has 0 atom stereocenters. The van der Waals surface area contributed by atoms with Crippen LogP contribution < -0.4 is 10.6 Å². The molecule has 0 radical (unpaired) electrons. The SMILES string of the molecule is CCn1nc(C)c(CCNC(=O)CCc2cc3n(n2)CCNC3)c1C. The second-order valence-corrected chi connectivity index (χ2v) is 6.59. The van der Waals surface area contributed by atoms with E-state index in [1.807, 2.05) is 16.3 Å². The molecule has 0 aliphatic carbocycles. The molecule has 136 valence electrons. The zero-order valence-corrected chi connectivity index (χ0v) is 15.4. The smallest absolute Gasteiger partial charge is 0.220 e. The van der Waals surface area contributed by atoms with Crippen molar-refractivity contribution in [1.82, 2.24) is 30.2 Å². The van der Waals surface area contributed by atoms with Crippen LogP contribution in [0, 0.1) is 13.8 Å². The van der Waals surface area contributed by atoms with E-state index in [4.69, 9.17) is 0 Å². The molecule has 3 heterocycles. The van der Waals surface area contributed by atoms with Gasteiger partial charge >= 0.3 is 0 Å². The molecule has 0 bridgehead atoms. The van der Waals surface area contributed by atoms with E-state index < -0.39 is 0 Å². The van der Waals surface area contributed by atoms with Gasteiger partial charge in [-0.2, -0.15) is 10.2 Å². The van der Waals surface area contributed by atoms with Gasteiger partial charge in [0.1, 0.15) is 0 Å². The Balaban J connectivity index is 1.44. The summed E-state index contributed by atoms with van der Waals surface area (Å²) in [6.07, 6.45) is 2.00. The highest BCUT2D eigenvalue weighted by atomic mass is 16.1. The summed E-state index contributed by atoms with van der Waals surface area (Å²) < 4.78 is 4.06. The summed E-state index contributed by atoms with van der Waals surface area (Å²) in [5.74, 6) is 0.0855. The lowest BCUT2D eigenvalue weighted by Gasteiger charge is -2.13. The van der Waals surface area contributed by atoms with Crippen LogP contribution in [0.4, 0.5) is 0 Å². The van der Waals surface area contributed by atoms with Crippen LogP contribution in [0.15, 0.2) is 6.07 Å². The van der Waals surface area contributed by atoms with Crippen molar-refractivity contribution in [2.24, 2.45) is 0 Å². The molecule has 0 saturated carbocycles. The number of amides is 1. The third-order valence-corrected chi connectivity index (χ3v) is 4.86. The predicted octanol–water partition coefficient (Wildman–Crippen LogP) is 1.11. The highest BCUT2D eigenvalue weighted by Crippen LogP contribution is 2.13. The fourth-order valence-electron chi connectivity index (χ4n) is 3.44. The van der Waals surface area contributed by atoms with Crippen molar-refractivity contribution in [2.75, 3.05) is 13.1 Å². The fraction of sp³-hybridized carbons (Fsp3) is 0.611. The van der Waals surface area contributed by atoms with E-state index in [0.717, 1.165) is 44.0 Å². The monoisotopic (exact) mass is 344 g/mol. The van der Waals surface area contributed by atoms with E-state index in [1.165, 1.54) is 17.0 Å². The number of carbonyl (C=O) groups excluding carboxylic acids is 1. The molecule has 0 aromatic carbocycles. The highest BCUT2D eigenvalue weighted by molar-refractivity contribution is 5.76. The number of nitrogens with zero attached hydrogens (tertiary/aromatic N) is 4. The van der Waals surface area contributed by atoms with Crippen LogP contribution in [0.25, 0.3) is 0 Å². The van der Waals surface area contributed by atoms with Crippen molar-refractivity contribution in [2.45, 2.75) is 59.7 Å². The first-order chi connectivity index (χ1) is 12.1. The molecular weight excluding hydrogens is 316 g/mol. The third kappa shape index (κ3) is 4.10. The van der Waals surface area contributed by atoms with Gasteiger partial charge in [-0.3, -0.25) is 14.2 Å². The first-order valence-electron chi connectivity index (χ1n) is 9.14. The van der Waals surface area contributed by atoms with Crippen LogP contribution in [-0.2, 0) is 37.3 Å². The number of aromatic nitrogens is 4. The lowest BCUT2D eigenvalue weighted by Crippen LogP contribution is -2.28. The van der Waals surface area contributed by atoms with Crippen molar-refractivity contribution in [3.8, 4) is 0 Å². The summed E-state index contributed by atoms with van der Waals surface area (Å²) >= 11 is 0. The summed E-state index contributed by atoms with van der Waals surface area (Å²) in [6.45, 7) is 10.5. The van der Waals surface area contributed by atoms with Crippen LogP contribution in [0.2, 0.25) is 0 Å². The number of carbonyl (C=O) groups is 1. The predicted molar refractivity (Wildman–Crippen MR) is 96.3 cm³/mol. The number of nitrogens with one attached hydrogen (secondary N) is 2. The third-order valence-electron chi connectivity index (χ3n) is 4.86. The second-order valence-electron chi connectivity index (χ2n) is 6.59. The molecule has 25 heavy (non-hydrogen) atoms. The van der Waals surface area contributed by atoms with Crippen molar-refractivity contribution < 1.29 is 4.79 Å². The van der Waals surface area contributed by atoms with E-state index in [2.05, 4.69) is 40.7 Å². The summed E-state index contributed by atoms with van der Waals surface area (Å²) in [5, 5.41) is 15.4. The van der Waals surface area contributed by atoms with Gasteiger partial charge in [0.05, 0.1) is 23.6 Å². The molecule has 0 unspecified atom stereocenters. The maximum atomic E-state index is 12.1. The summed E-state index contributed by atoms with van der Waals surface area (Å²) in [5.41, 5.74) is 5.72. The minimum Gasteiger partial charge on any atom is -0.356 e. The Bertz CT molecular complexity index is 722. The molecule has 0 saturated heterocycles. The zero-order chi connectivity index (χ0) is 17.8. The van der Waals surface area contributed by atoms with Gasteiger partial charge in [-0.05, 0) is 38.8 Å². The molecule has 0 spiro atoms. The number of hydrogen-bond acceptors (Lipinski definition) is 4. The Kier molecular flexibility index (Phi) is 5.53. The fourth-order valence-corrected chi connectivity index (χ4v) is 3.44. The summed E-state index contributed by atoms with van der Waals surface area (Å²) in [6, 6.07) is 2.10. The topological polar surface area (TPSA) is 76.8 Å². The Morgan fingerprint density at radius 3 is 2.88 bits per heavy atom. The Morgan fingerprint density at radius 2 is 2.16 bits per heavy atom.